The fourth-order valence-electron chi connectivity index (χ4n) is 0.130. The van der Waals surface area contributed by atoms with Gasteiger partial charge in [0.2, 0.25) is 10.1 Å². The fourth-order valence-corrected chi connectivity index (χ4v) is 0.852. The summed E-state index contributed by atoms with van der Waals surface area (Å²) in [6.45, 7) is 0. The molecule has 0 aromatic heterocycles. The molecule has 9 heavy (non-hydrogen) atoms. The molecule has 1 N–H and O–H groups in total. The van der Waals surface area contributed by atoms with Crippen molar-refractivity contribution in [1.29, 1.82) is 0 Å². The lowest BCUT2D eigenvalue weighted by Gasteiger charge is -2.15. The Bertz CT molecular complexity index is 102. The highest BCUT2D eigenvalue weighted by Crippen LogP contribution is 2.32. The Labute approximate surface area is 68.1 Å². The summed E-state index contributed by atoms with van der Waals surface area (Å²) in [4.78, 5) is 0. The van der Waals surface area contributed by atoms with Crippen LogP contribution < -0.4 is 0 Å². The van der Waals surface area contributed by atoms with Crippen LogP contribution in [-0.2, 0) is 9.09 Å². The smallest absolute Gasteiger partial charge is 0.241 e. The summed E-state index contributed by atoms with van der Waals surface area (Å²) in [6, 6.07) is 0. The Kier molecular flexibility index (Phi) is 4.47. The zero-order valence-corrected chi connectivity index (χ0v) is 7.47. The second-order valence-electron chi connectivity index (χ2n) is 1.13. The molecule has 2 unspecified atom stereocenters. The van der Waals surface area contributed by atoms with Crippen molar-refractivity contribution in [1.82, 2.24) is 0 Å². The molecule has 7 heteroatoms. The summed E-state index contributed by atoms with van der Waals surface area (Å²) in [5, 5.41) is 8.59. The summed E-state index contributed by atoms with van der Waals surface area (Å²) in [6.07, 6.45) is -1.62. The lowest BCUT2D eigenvalue weighted by atomic mass is 10.8. The molecule has 0 saturated heterocycles. The van der Waals surface area contributed by atoms with Crippen LogP contribution in [0.1, 0.15) is 0 Å². The highest BCUT2D eigenvalue weighted by atomic mass is 35.6. The standard InChI is InChI=1S/C2H4Cl3O3P/c3-2(4,5)1(6)8-9-7/h1,6H,9H2. The Morgan fingerprint density at radius 1 is 1.56 bits per heavy atom. The van der Waals surface area contributed by atoms with Gasteiger partial charge in [-0.25, -0.2) is 0 Å². The van der Waals surface area contributed by atoms with Crippen molar-refractivity contribution in [3.05, 3.63) is 0 Å². The van der Waals surface area contributed by atoms with Gasteiger partial charge >= 0.3 is 0 Å². The Morgan fingerprint density at radius 2 is 2.00 bits per heavy atom. The molecule has 0 fully saturated rings. The number of aliphatic hydroxyl groups excluding tert-OH is 1. The van der Waals surface area contributed by atoms with Crippen LogP contribution in [0.5, 0.6) is 0 Å². The maximum absolute atomic E-state index is 9.71. The Balaban J connectivity index is 3.72. The van der Waals surface area contributed by atoms with E-state index in [-0.39, 0.29) is 0 Å². The molecule has 3 nitrogen and oxygen atoms in total. The van der Waals surface area contributed by atoms with Gasteiger partial charge in [0.1, 0.15) is 0 Å². The molecule has 0 aliphatic carbocycles. The van der Waals surface area contributed by atoms with Crippen molar-refractivity contribution < 1.29 is 14.2 Å². The van der Waals surface area contributed by atoms with Crippen molar-refractivity contribution in [3.63, 3.8) is 0 Å². The minimum atomic E-state index is -1.92. The first-order valence-electron chi connectivity index (χ1n) is 1.82. The molecule has 0 heterocycles. The second-order valence-corrected chi connectivity index (χ2v) is 3.96. The highest BCUT2D eigenvalue weighted by molar-refractivity contribution is 7.17. The molecule has 0 aromatic carbocycles. The lowest BCUT2D eigenvalue weighted by Crippen LogP contribution is -2.24. The van der Waals surface area contributed by atoms with Gasteiger partial charge in [0.05, 0.1) is 0 Å². The quantitative estimate of drug-likeness (QED) is 0.428. The minimum Gasteiger partial charge on any atom is -0.364 e. The number of alkyl halides is 3. The summed E-state index contributed by atoms with van der Waals surface area (Å²) in [5.74, 6) is 0. The molecule has 0 rings (SSSR count). The van der Waals surface area contributed by atoms with Gasteiger partial charge in [-0.05, 0) is 0 Å². The molecule has 2 atom stereocenters. The van der Waals surface area contributed by atoms with Gasteiger partial charge in [0, 0.05) is 0 Å². The SMILES string of the molecule is O=[PH2]OC(O)C(Cl)(Cl)Cl. The fraction of sp³-hybridized carbons (Fsp3) is 1.00. The van der Waals surface area contributed by atoms with Gasteiger partial charge in [-0.3, -0.25) is 9.09 Å². The van der Waals surface area contributed by atoms with Crippen molar-refractivity contribution in [2.45, 2.75) is 10.1 Å². The predicted molar refractivity (Wildman–Crippen MR) is 37.8 cm³/mol. The van der Waals surface area contributed by atoms with Crippen LogP contribution in [0.4, 0.5) is 0 Å². The van der Waals surface area contributed by atoms with Gasteiger partial charge in [0.25, 0.3) is 0 Å². The average molecular weight is 213 g/mol. The Hall–Kier alpha value is 1.02. The van der Waals surface area contributed by atoms with E-state index in [1.807, 2.05) is 0 Å². The van der Waals surface area contributed by atoms with Crippen LogP contribution >= 0.6 is 43.5 Å². The number of hydrogen-bond acceptors (Lipinski definition) is 3. The van der Waals surface area contributed by atoms with Crippen LogP contribution in [0.25, 0.3) is 0 Å². The molecule has 0 radical (unpaired) electrons. The lowest BCUT2D eigenvalue weighted by molar-refractivity contribution is -0.00306. The molecular weight excluding hydrogens is 209 g/mol. The molecule has 0 aromatic rings. The van der Waals surface area contributed by atoms with Crippen LogP contribution in [0, 0.1) is 0 Å². The number of halogens is 3. The van der Waals surface area contributed by atoms with Gasteiger partial charge in [-0.2, -0.15) is 0 Å². The molecule has 0 aliphatic rings. The molecule has 0 saturated carbocycles. The highest BCUT2D eigenvalue weighted by Gasteiger charge is 2.31. The van der Waals surface area contributed by atoms with Crippen molar-refractivity contribution in [2.24, 2.45) is 0 Å². The van der Waals surface area contributed by atoms with Crippen molar-refractivity contribution in [3.8, 4) is 0 Å². The molecular formula is C2H4Cl3O3P. The number of rotatable bonds is 2. The van der Waals surface area contributed by atoms with Gasteiger partial charge in [-0.1, -0.05) is 34.8 Å². The zero-order valence-electron chi connectivity index (χ0n) is 4.05. The predicted octanol–water partition coefficient (Wildman–Crippen LogP) is 1.36. The molecule has 0 amide bonds. The van der Waals surface area contributed by atoms with E-state index in [2.05, 4.69) is 4.52 Å². The summed E-state index contributed by atoms with van der Waals surface area (Å²) in [7, 11) is -1.55. The maximum atomic E-state index is 9.71. The summed E-state index contributed by atoms with van der Waals surface area (Å²) < 4.78 is 11.9. The van der Waals surface area contributed by atoms with E-state index in [4.69, 9.17) is 39.9 Å². The van der Waals surface area contributed by atoms with Gasteiger partial charge < -0.3 is 5.11 Å². The Morgan fingerprint density at radius 3 is 2.11 bits per heavy atom. The van der Waals surface area contributed by atoms with Crippen molar-refractivity contribution in [2.75, 3.05) is 0 Å². The molecule has 0 aliphatic heterocycles. The molecule has 0 bridgehead atoms. The van der Waals surface area contributed by atoms with E-state index in [1.165, 1.54) is 0 Å². The summed E-state index contributed by atoms with van der Waals surface area (Å²) >= 11 is 15.3. The third-order valence-electron chi connectivity index (χ3n) is 0.464. The van der Waals surface area contributed by atoms with Crippen molar-refractivity contribution >= 4 is 43.5 Å². The maximum Gasteiger partial charge on any atom is 0.241 e. The second kappa shape index (κ2) is 4.02. The monoisotopic (exact) mass is 212 g/mol. The van der Waals surface area contributed by atoms with E-state index in [9.17, 15) is 4.57 Å². The van der Waals surface area contributed by atoms with Gasteiger partial charge in [0.15, 0.2) is 8.69 Å². The molecule has 56 valence electrons. The first-order chi connectivity index (χ1) is 3.98. The average Bonchev–Trinajstić information content (AvgIpc) is 1.64. The van der Waals surface area contributed by atoms with Gasteiger partial charge in [-0.15, -0.1) is 0 Å². The third-order valence-corrected chi connectivity index (χ3v) is 1.39. The van der Waals surface area contributed by atoms with Crippen LogP contribution in [0.15, 0.2) is 0 Å². The number of aliphatic hydroxyl groups is 1. The summed E-state index contributed by atoms with van der Waals surface area (Å²) in [5.41, 5.74) is 0. The van der Waals surface area contributed by atoms with E-state index >= 15 is 0 Å². The van der Waals surface area contributed by atoms with E-state index < -0.39 is 18.8 Å². The first kappa shape index (κ1) is 10.0. The van der Waals surface area contributed by atoms with E-state index in [1.54, 1.807) is 0 Å². The minimum absolute atomic E-state index is 1.55. The first-order valence-corrected chi connectivity index (χ1v) is 3.90. The largest absolute Gasteiger partial charge is 0.364 e. The van der Waals surface area contributed by atoms with Crippen LogP contribution in [-0.4, -0.2) is 15.2 Å². The van der Waals surface area contributed by atoms with Crippen LogP contribution in [0.3, 0.4) is 0 Å². The molecule has 0 spiro atoms. The normalized spacial score (nSPS) is 16.9. The zero-order chi connectivity index (χ0) is 7.49. The third kappa shape index (κ3) is 4.43. The topological polar surface area (TPSA) is 46.5 Å². The van der Waals surface area contributed by atoms with E-state index in [0.717, 1.165) is 0 Å². The van der Waals surface area contributed by atoms with E-state index in [0.29, 0.717) is 0 Å². The number of hydrogen-bond donors (Lipinski definition) is 1. The van der Waals surface area contributed by atoms with Crippen LogP contribution in [0.2, 0.25) is 0 Å².